The quantitative estimate of drug-likeness (QED) is 0.434. The summed E-state index contributed by atoms with van der Waals surface area (Å²) >= 11 is 0. The Hall–Kier alpha value is -2.56. The summed E-state index contributed by atoms with van der Waals surface area (Å²) < 4.78 is 0. The summed E-state index contributed by atoms with van der Waals surface area (Å²) in [5.74, 6) is 1.23. The molecule has 0 amide bonds. The van der Waals surface area contributed by atoms with Crippen LogP contribution < -0.4 is 0 Å². The molecule has 0 aromatic heterocycles. The van der Waals surface area contributed by atoms with Crippen LogP contribution >= 0.6 is 0 Å². The van der Waals surface area contributed by atoms with Crippen molar-refractivity contribution in [1.82, 2.24) is 0 Å². The molecule has 0 heteroatoms. The van der Waals surface area contributed by atoms with E-state index in [1.165, 1.54) is 27.8 Å². The molecular formula is C28H32. The lowest BCUT2D eigenvalue weighted by atomic mass is 9.86. The van der Waals surface area contributed by atoms with E-state index >= 15 is 0 Å². The fraction of sp³-hybridized carbons (Fsp3) is 0.321. The lowest BCUT2D eigenvalue weighted by Gasteiger charge is -2.19. The van der Waals surface area contributed by atoms with Crippen LogP contribution in [-0.2, 0) is 6.42 Å². The molecule has 2 atom stereocenters. The number of hydrogen-bond donors (Lipinski definition) is 0. The zero-order valence-corrected chi connectivity index (χ0v) is 17.5. The molecule has 0 saturated carbocycles. The Morgan fingerprint density at radius 3 is 2.68 bits per heavy atom. The Bertz CT molecular complexity index is 889. The van der Waals surface area contributed by atoms with Gasteiger partial charge in [0.25, 0.3) is 0 Å². The van der Waals surface area contributed by atoms with Crippen LogP contribution in [0.25, 0.3) is 16.7 Å². The van der Waals surface area contributed by atoms with Gasteiger partial charge in [0, 0.05) is 0 Å². The number of aryl methyl sites for hydroxylation is 1. The van der Waals surface area contributed by atoms with Crippen LogP contribution in [0.15, 0.2) is 84.6 Å². The Kier molecular flexibility index (Phi) is 7.29. The second-order valence-electron chi connectivity index (χ2n) is 7.71. The zero-order chi connectivity index (χ0) is 19.8. The first-order valence-corrected chi connectivity index (χ1v) is 10.7. The predicted molar refractivity (Wildman–Crippen MR) is 123 cm³/mol. The average Bonchev–Trinajstić information content (AvgIpc) is 3.04. The Morgan fingerprint density at radius 1 is 1.11 bits per heavy atom. The van der Waals surface area contributed by atoms with Gasteiger partial charge >= 0.3 is 0 Å². The van der Waals surface area contributed by atoms with E-state index < -0.39 is 0 Å². The highest BCUT2D eigenvalue weighted by Crippen LogP contribution is 2.31. The van der Waals surface area contributed by atoms with Gasteiger partial charge in [0.1, 0.15) is 0 Å². The third kappa shape index (κ3) is 5.03. The molecule has 1 aliphatic rings. The Morgan fingerprint density at radius 2 is 1.93 bits per heavy atom. The van der Waals surface area contributed by atoms with Gasteiger partial charge in [0.05, 0.1) is 0 Å². The van der Waals surface area contributed by atoms with E-state index in [1.807, 2.05) is 6.08 Å². The molecule has 144 valence electrons. The molecular weight excluding hydrogens is 336 g/mol. The summed E-state index contributed by atoms with van der Waals surface area (Å²) in [5, 5.41) is 0. The third-order valence-corrected chi connectivity index (χ3v) is 5.85. The van der Waals surface area contributed by atoms with Gasteiger partial charge < -0.3 is 0 Å². The van der Waals surface area contributed by atoms with E-state index in [1.54, 1.807) is 0 Å². The largest absolute Gasteiger partial charge is 0.125 e. The highest BCUT2D eigenvalue weighted by atomic mass is 14.2. The van der Waals surface area contributed by atoms with E-state index in [-0.39, 0.29) is 0 Å². The summed E-state index contributed by atoms with van der Waals surface area (Å²) in [5.41, 5.74) is 10.2. The molecule has 1 aliphatic carbocycles. The maximum Gasteiger partial charge on any atom is -0.0161 e. The van der Waals surface area contributed by atoms with Crippen LogP contribution in [0, 0.1) is 11.8 Å². The van der Waals surface area contributed by atoms with Gasteiger partial charge in [-0.2, -0.15) is 0 Å². The number of hydrogen-bond acceptors (Lipinski definition) is 0. The van der Waals surface area contributed by atoms with Crippen molar-refractivity contribution in [3.8, 4) is 11.1 Å². The Balaban J connectivity index is 1.86. The molecule has 0 N–H and O–H groups in total. The minimum atomic E-state index is 0.599. The zero-order valence-electron chi connectivity index (χ0n) is 17.5. The van der Waals surface area contributed by atoms with Crippen molar-refractivity contribution in [2.24, 2.45) is 11.8 Å². The molecule has 0 nitrogen and oxygen atoms in total. The summed E-state index contributed by atoms with van der Waals surface area (Å²) in [6.45, 7) is 6.91. The molecule has 0 radical (unpaired) electrons. The first kappa shape index (κ1) is 20.2. The molecule has 3 rings (SSSR count). The minimum Gasteiger partial charge on any atom is -0.125 e. The lowest BCUT2D eigenvalue weighted by Crippen LogP contribution is -2.07. The smallest absolute Gasteiger partial charge is 0.0161 e. The van der Waals surface area contributed by atoms with Crippen molar-refractivity contribution in [1.29, 1.82) is 0 Å². The van der Waals surface area contributed by atoms with Crippen molar-refractivity contribution in [2.45, 2.75) is 46.5 Å². The molecule has 0 saturated heterocycles. The standard InChI is InChI=1S/C28H32/c1-4-23(18-17-22(3)25-13-9-6-7-10-14-25)28-21-27(20-19-24(28)5-2)26-15-11-8-12-16-26/h6,8-13,15-16,18-22,25H,4-5,14,17H2,1-3H3. The van der Waals surface area contributed by atoms with Gasteiger partial charge in [-0.3, -0.25) is 0 Å². The first-order valence-electron chi connectivity index (χ1n) is 10.7. The van der Waals surface area contributed by atoms with E-state index in [9.17, 15) is 0 Å². The van der Waals surface area contributed by atoms with Crippen molar-refractivity contribution in [2.75, 3.05) is 0 Å². The molecule has 0 aliphatic heterocycles. The van der Waals surface area contributed by atoms with Crippen molar-refractivity contribution in [3.63, 3.8) is 0 Å². The van der Waals surface area contributed by atoms with Crippen LogP contribution in [0.3, 0.4) is 0 Å². The van der Waals surface area contributed by atoms with Crippen molar-refractivity contribution >= 4 is 5.57 Å². The predicted octanol–water partition coefficient (Wildman–Crippen LogP) is 8.02. The number of rotatable bonds is 7. The lowest BCUT2D eigenvalue weighted by molar-refractivity contribution is 0.437. The summed E-state index contributed by atoms with van der Waals surface area (Å²) in [6.07, 6.45) is 15.5. The first-order chi connectivity index (χ1) is 13.7. The second kappa shape index (κ2) is 10.1. The summed E-state index contributed by atoms with van der Waals surface area (Å²) in [7, 11) is 0. The minimum absolute atomic E-state index is 0.599. The van der Waals surface area contributed by atoms with Gasteiger partial charge in [0.15, 0.2) is 0 Å². The highest BCUT2D eigenvalue weighted by molar-refractivity contribution is 5.74. The molecule has 0 fully saturated rings. The average molecular weight is 369 g/mol. The Labute approximate surface area is 171 Å². The second-order valence-corrected chi connectivity index (χ2v) is 7.71. The highest BCUT2D eigenvalue weighted by Gasteiger charge is 2.14. The molecule has 2 aromatic rings. The van der Waals surface area contributed by atoms with Gasteiger partial charge in [-0.1, -0.05) is 81.5 Å². The van der Waals surface area contributed by atoms with E-state index in [0.29, 0.717) is 11.8 Å². The monoisotopic (exact) mass is 368 g/mol. The van der Waals surface area contributed by atoms with E-state index in [0.717, 1.165) is 25.7 Å². The van der Waals surface area contributed by atoms with Crippen LogP contribution in [0.2, 0.25) is 0 Å². The van der Waals surface area contributed by atoms with Crippen LogP contribution in [0.1, 0.15) is 51.2 Å². The van der Waals surface area contributed by atoms with Crippen LogP contribution in [0.4, 0.5) is 0 Å². The number of allylic oxidation sites excluding steroid dienone is 5. The van der Waals surface area contributed by atoms with Gasteiger partial charge in [0.2, 0.25) is 0 Å². The molecule has 0 bridgehead atoms. The fourth-order valence-electron chi connectivity index (χ4n) is 3.97. The third-order valence-electron chi connectivity index (χ3n) is 5.85. The molecule has 2 aromatic carbocycles. The topological polar surface area (TPSA) is 0 Å². The summed E-state index contributed by atoms with van der Waals surface area (Å²) in [6, 6.07) is 17.7. The summed E-state index contributed by atoms with van der Waals surface area (Å²) in [4.78, 5) is 0. The maximum absolute atomic E-state index is 3.22. The van der Waals surface area contributed by atoms with Gasteiger partial charge in [-0.15, -0.1) is 5.73 Å². The van der Waals surface area contributed by atoms with Crippen molar-refractivity contribution in [3.05, 3.63) is 95.8 Å². The molecule has 0 spiro atoms. The van der Waals surface area contributed by atoms with Crippen LogP contribution in [-0.4, -0.2) is 0 Å². The molecule has 28 heavy (non-hydrogen) atoms. The fourth-order valence-corrected chi connectivity index (χ4v) is 3.97. The molecule has 0 heterocycles. The van der Waals surface area contributed by atoms with E-state index in [4.69, 9.17) is 0 Å². The van der Waals surface area contributed by atoms with Gasteiger partial charge in [-0.25, -0.2) is 0 Å². The van der Waals surface area contributed by atoms with Crippen LogP contribution in [0.5, 0.6) is 0 Å². The SMILES string of the molecule is CCC(=CCC(C)C1C=CC=C=CC1)c1cc(-c2ccccc2)ccc1CC. The van der Waals surface area contributed by atoms with E-state index in [2.05, 4.69) is 99.3 Å². The normalized spacial score (nSPS) is 17.5. The molecule has 2 unspecified atom stereocenters. The number of benzene rings is 2. The van der Waals surface area contributed by atoms with Crippen molar-refractivity contribution < 1.29 is 0 Å². The maximum atomic E-state index is 3.22. The van der Waals surface area contributed by atoms with Gasteiger partial charge in [-0.05, 0) is 83.6 Å².